The van der Waals surface area contributed by atoms with Gasteiger partial charge >= 0.3 is 0 Å². The van der Waals surface area contributed by atoms with Crippen LogP contribution >= 0.6 is 0 Å². The van der Waals surface area contributed by atoms with Crippen LogP contribution < -0.4 is 5.32 Å². The predicted octanol–water partition coefficient (Wildman–Crippen LogP) is 3.41. The molecular formula is C13H18N2. The highest BCUT2D eigenvalue weighted by molar-refractivity contribution is 5.49. The van der Waals surface area contributed by atoms with Gasteiger partial charge in [-0.1, -0.05) is 26.3 Å². The molecule has 15 heavy (non-hydrogen) atoms. The molecule has 1 aromatic rings. The van der Waals surface area contributed by atoms with Crippen molar-refractivity contribution in [2.45, 2.75) is 26.7 Å². The molecule has 1 unspecified atom stereocenters. The van der Waals surface area contributed by atoms with E-state index in [1.165, 1.54) is 12.8 Å². The van der Waals surface area contributed by atoms with E-state index in [9.17, 15) is 0 Å². The summed E-state index contributed by atoms with van der Waals surface area (Å²) >= 11 is 0. The molecule has 0 saturated heterocycles. The molecule has 1 aromatic carbocycles. The summed E-state index contributed by atoms with van der Waals surface area (Å²) in [4.78, 5) is 0. The lowest BCUT2D eigenvalue weighted by Gasteiger charge is -2.12. The Bertz CT molecular complexity index is 339. The van der Waals surface area contributed by atoms with Gasteiger partial charge in [-0.2, -0.15) is 5.26 Å². The van der Waals surface area contributed by atoms with Crippen molar-refractivity contribution in [2.75, 3.05) is 11.9 Å². The van der Waals surface area contributed by atoms with Crippen molar-refractivity contribution >= 4 is 5.69 Å². The zero-order valence-corrected chi connectivity index (χ0v) is 9.46. The Labute approximate surface area is 91.9 Å². The minimum absolute atomic E-state index is 0.681. The van der Waals surface area contributed by atoms with Crippen molar-refractivity contribution in [3.05, 3.63) is 29.8 Å². The number of rotatable bonds is 5. The summed E-state index contributed by atoms with van der Waals surface area (Å²) in [5.74, 6) is 0.681. The normalized spacial score (nSPS) is 11.8. The van der Waals surface area contributed by atoms with E-state index in [-0.39, 0.29) is 0 Å². The molecule has 2 heteroatoms. The Morgan fingerprint density at radius 2 is 2.27 bits per heavy atom. The molecule has 0 aliphatic carbocycles. The van der Waals surface area contributed by atoms with Gasteiger partial charge in [0.2, 0.25) is 0 Å². The Balaban J connectivity index is 2.47. The lowest BCUT2D eigenvalue weighted by molar-refractivity contribution is 0.551. The zero-order valence-electron chi connectivity index (χ0n) is 9.46. The predicted molar refractivity (Wildman–Crippen MR) is 63.7 cm³/mol. The lowest BCUT2D eigenvalue weighted by Crippen LogP contribution is -2.10. The highest BCUT2D eigenvalue weighted by Crippen LogP contribution is 2.12. The highest BCUT2D eigenvalue weighted by Gasteiger charge is 2.00. The average molecular weight is 202 g/mol. The molecule has 0 aliphatic rings. The van der Waals surface area contributed by atoms with Crippen molar-refractivity contribution < 1.29 is 0 Å². The first-order chi connectivity index (χ1) is 7.26. The van der Waals surface area contributed by atoms with Crippen molar-refractivity contribution in [3.8, 4) is 6.07 Å². The van der Waals surface area contributed by atoms with Crippen molar-refractivity contribution in [1.82, 2.24) is 0 Å². The van der Waals surface area contributed by atoms with Gasteiger partial charge in [0.15, 0.2) is 0 Å². The SMILES string of the molecule is CCCC(C)CNc1cccc(C#N)c1. The van der Waals surface area contributed by atoms with Crippen LogP contribution in [0.25, 0.3) is 0 Å². The topological polar surface area (TPSA) is 35.8 Å². The fourth-order valence-corrected chi connectivity index (χ4v) is 1.59. The fraction of sp³-hybridized carbons (Fsp3) is 0.462. The summed E-state index contributed by atoms with van der Waals surface area (Å²) < 4.78 is 0. The van der Waals surface area contributed by atoms with Crippen LogP contribution in [-0.4, -0.2) is 6.54 Å². The molecular weight excluding hydrogens is 184 g/mol. The van der Waals surface area contributed by atoms with Gasteiger partial charge in [-0.3, -0.25) is 0 Å². The summed E-state index contributed by atoms with van der Waals surface area (Å²) in [6.45, 7) is 5.42. The highest BCUT2D eigenvalue weighted by atomic mass is 14.9. The quantitative estimate of drug-likeness (QED) is 0.794. The van der Waals surface area contributed by atoms with Crippen molar-refractivity contribution in [1.29, 1.82) is 5.26 Å². The number of nitriles is 1. The van der Waals surface area contributed by atoms with E-state index >= 15 is 0 Å². The molecule has 0 fully saturated rings. The van der Waals surface area contributed by atoms with Crippen LogP contribution in [0.2, 0.25) is 0 Å². The van der Waals surface area contributed by atoms with Gasteiger partial charge in [0.05, 0.1) is 11.6 Å². The van der Waals surface area contributed by atoms with Crippen molar-refractivity contribution in [3.63, 3.8) is 0 Å². The van der Waals surface area contributed by atoms with E-state index in [4.69, 9.17) is 5.26 Å². The minimum atomic E-state index is 0.681. The van der Waals surface area contributed by atoms with Crippen LogP contribution in [0.3, 0.4) is 0 Å². The number of nitrogens with one attached hydrogen (secondary N) is 1. The molecule has 1 rings (SSSR count). The maximum atomic E-state index is 8.75. The molecule has 0 spiro atoms. The summed E-state index contributed by atoms with van der Waals surface area (Å²) in [5.41, 5.74) is 1.75. The summed E-state index contributed by atoms with van der Waals surface area (Å²) in [6, 6.07) is 9.76. The van der Waals surface area contributed by atoms with Gasteiger partial charge in [0.25, 0.3) is 0 Å². The second kappa shape index (κ2) is 6.08. The van der Waals surface area contributed by atoms with E-state index in [1.54, 1.807) is 0 Å². The molecule has 0 saturated carbocycles. The first-order valence-corrected chi connectivity index (χ1v) is 5.50. The number of anilines is 1. The molecule has 0 aliphatic heterocycles. The summed E-state index contributed by atoms with van der Waals surface area (Å²) in [5, 5.41) is 12.1. The zero-order chi connectivity index (χ0) is 11.1. The monoisotopic (exact) mass is 202 g/mol. The third-order valence-corrected chi connectivity index (χ3v) is 2.43. The van der Waals surface area contributed by atoms with Gasteiger partial charge in [-0.15, -0.1) is 0 Å². The van der Waals surface area contributed by atoms with Crippen LogP contribution in [-0.2, 0) is 0 Å². The third-order valence-electron chi connectivity index (χ3n) is 2.43. The van der Waals surface area contributed by atoms with E-state index < -0.39 is 0 Å². The van der Waals surface area contributed by atoms with Crippen LogP contribution in [0.4, 0.5) is 5.69 Å². The molecule has 80 valence electrons. The maximum absolute atomic E-state index is 8.75. The smallest absolute Gasteiger partial charge is 0.0992 e. The molecule has 0 bridgehead atoms. The molecule has 1 N–H and O–H groups in total. The maximum Gasteiger partial charge on any atom is 0.0992 e. The van der Waals surface area contributed by atoms with E-state index in [1.807, 2.05) is 24.3 Å². The standard InChI is InChI=1S/C13H18N2/c1-3-5-11(2)10-15-13-7-4-6-12(8-13)9-14/h4,6-8,11,15H,3,5,10H2,1-2H3. The number of benzene rings is 1. The van der Waals surface area contributed by atoms with Crippen LogP contribution in [0.5, 0.6) is 0 Å². The first-order valence-electron chi connectivity index (χ1n) is 5.50. The first kappa shape index (κ1) is 11.6. The summed E-state index contributed by atoms with van der Waals surface area (Å²) in [6.07, 6.45) is 2.46. The fourth-order valence-electron chi connectivity index (χ4n) is 1.59. The molecule has 1 atom stereocenters. The number of nitrogens with zero attached hydrogens (tertiary/aromatic N) is 1. The number of hydrogen-bond donors (Lipinski definition) is 1. The van der Waals surface area contributed by atoms with Crippen LogP contribution in [0.1, 0.15) is 32.3 Å². The molecule has 0 radical (unpaired) electrons. The van der Waals surface area contributed by atoms with E-state index in [0.29, 0.717) is 11.5 Å². The Kier molecular flexibility index (Phi) is 4.70. The largest absolute Gasteiger partial charge is 0.385 e. The molecule has 0 amide bonds. The lowest BCUT2D eigenvalue weighted by atomic mass is 10.1. The van der Waals surface area contributed by atoms with Gasteiger partial charge in [-0.05, 0) is 30.5 Å². The summed E-state index contributed by atoms with van der Waals surface area (Å²) in [7, 11) is 0. The van der Waals surface area contributed by atoms with Gasteiger partial charge in [-0.25, -0.2) is 0 Å². The van der Waals surface area contributed by atoms with Crippen molar-refractivity contribution in [2.24, 2.45) is 5.92 Å². The average Bonchev–Trinajstić information content (AvgIpc) is 2.27. The third kappa shape index (κ3) is 4.03. The number of hydrogen-bond acceptors (Lipinski definition) is 2. The minimum Gasteiger partial charge on any atom is -0.385 e. The molecule has 0 aromatic heterocycles. The Morgan fingerprint density at radius 1 is 1.47 bits per heavy atom. The van der Waals surface area contributed by atoms with Gasteiger partial charge in [0.1, 0.15) is 0 Å². The molecule has 2 nitrogen and oxygen atoms in total. The van der Waals surface area contributed by atoms with Crippen LogP contribution in [0, 0.1) is 17.2 Å². The Hall–Kier alpha value is -1.49. The van der Waals surface area contributed by atoms with E-state index in [2.05, 4.69) is 25.2 Å². The van der Waals surface area contributed by atoms with Gasteiger partial charge in [0, 0.05) is 12.2 Å². The van der Waals surface area contributed by atoms with E-state index in [0.717, 1.165) is 12.2 Å². The second-order valence-corrected chi connectivity index (χ2v) is 3.97. The molecule has 0 heterocycles. The second-order valence-electron chi connectivity index (χ2n) is 3.97. The Morgan fingerprint density at radius 3 is 2.93 bits per heavy atom. The van der Waals surface area contributed by atoms with Gasteiger partial charge < -0.3 is 5.32 Å². The van der Waals surface area contributed by atoms with Crippen LogP contribution in [0.15, 0.2) is 24.3 Å².